The van der Waals surface area contributed by atoms with Crippen LogP contribution in [0.5, 0.6) is 0 Å². The van der Waals surface area contributed by atoms with Crippen molar-refractivity contribution >= 4 is 11.6 Å². The highest BCUT2D eigenvalue weighted by Gasteiger charge is 2.13. The third-order valence-electron chi connectivity index (χ3n) is 3.25. The van der Waals surface area contributed by atoms with Crippen molar-refractivity contribution < 1.29 is 4.79 Å². The third kappa shape index (κ3) is 4.24. The fourth-order valence-corrected chi connectivity index (χ4v) is 2.30. The molecule has 0 saturated carbocycles. The van der Waals surface area contributed by atoms with Crippen molar-refractivity contribution in [2.75, 3.05) is 18.4 Å². The SMILES string of the molecule is CC(C)NC(=O)c1cccc(NC2CCNCC2)c1. The molecule has 1 aliphatic heterocycles. The second kappa shape index (κ2) is 6.57. The van der Waals surface area contributed by atoms with Gasteiger partial charge in [-0.05, 0) is 58.0 Å². The molecule has 3 N–H and O–H groups in total. The lowest BCUT2D eigenvalue weighted by Gasteiger charge is -2.24. The first-order valence-corrected chi connectivity index (χ1v) is 7.03. The first-order chi connectivity index (χ1) is 9.15. The van der Waals surface area contributed by atoms with E-state index in [1.54, 1.807) is 0 Å². The summed E-state index contributed by atoms with van der Waals surface area (Å²) in [5.74, 6) is -0.0102. The average Bonchev–Trinajstić information content (AvgIpc) is 2.39. The van der Waals surface area contributed by atoms with Crippen LogP contribution in [0, 0.1) is 0 Å². The summed E-state index contributed by atoms with van der Waals surface area (Å²) >= 11 is 0. The molecule has 1 heterocycles. The Bertz CT molecular complexity index is 425. The smallest absolute Gasteiger partial charge is 0.251 e. The molecule has 1 aromatic rings. The van der Waals surface area contributed by atoms with E-state index >= 15 is 0 Å². The number of benzene rings is 1. The summed E-state index contributed by atoms with van der Waals surface area (Å²) < 4.78 is 0. The van der Waals surface area contributed by atoms with Crippen LogP contribution in [0.1, 0.15) is 37.0 Å². The van der Waals surface area contributed by atoms with E-state index in [2.05, 4.69) is 16.0 Å². The molecular formula is C15H23N3O. The quantitative estimate of drug-likeness (QED) is 0.777. The number of hydrogen-bond donors (Lipinski definition) is 3. The molecule has 1 aliphatic rings. The Labute approximate surface area is 115 Å². The number of carbonyl (C=O) groups is 1. The molecule has 0 atom stereocenters. The van der Waals surface area contributed by atoms with Crippen molar-refractivity contribution in [3.05, 3.63) is 29.8 Å². The zero-order chi connectivity index (χ0) is 13.7. The van der Waals surface area contributed by atoms with Crippen molar-refractivity contribution in [2.45, 2.75) is 38.8 Å². The minimum absolute atomic E-state index is 0.0102. The lowest BCUT2D eigenvalue weighted by atomic mass is 10.1. The van der Waals surface area contributed by atoms with Crippen LogP contribution in [0.2, 0.25) is 0 Å². The molecule has 4 nitrogen and oxygen atoms in total. The van der Waals surface area contributed by atoms with E-state index in [4.69, 9.17) is 0 Å². The molecular weight excluding hydrogens is 238 g/mol. The topological polar surface area (TPSA) is 53.2 Å². The van der Waals surface area contributed by atoms with Crippen LogP contribution in [-0.2, 0) is 0 Å². The number of rotatable bonds is 4. The normalized spacial score (nSPS) is 16.4. The van der Waals surface area contributed by atoms with Crippen LogP contribution in [0.3, 0.4) is 0 Å². The number of anilines is 1. The number of amides is 1. The van der Waals surface area contributed by atoms with Crippen LogP contribution in [0.25, 0.3) is 0 Å². The van der Waals surface area contributed by atoms with Gasteiger partial charge in [-0.2, -0.15) is 0 Å². The first kappa shape index (κ1) is 13.9. The number of piperidine rings is 1. The molecule has 19 heavy (non-hydrogen) atoms. The van der Waals surface area contributed by atoms with Gasteiger partial charge in [0.15, 0.2) is 0 Å². The Kier molecular flexibility index (Phi) is 4.80. The van der Waals surface area contributed by atoms with Gasteiger partial charge >= 0.3 is 0 Å². The van der Waals surface area contributed by atoms with Gasteiger partial charge in [-0.25, -0.2) is 0 Å². The van der Waals surface area contributed by atoms with Crippen molar-refractivity contribution in [3.63, 3.8) is 0 Å². The van der Waals surface area contributed by atoms with E-state index in [0.29, 0.717) is 11.6 Å². The second-order valence-corrected chi connectivity index (χ2v) is 5.38. The predicted octanol–water partition coefficient (Wildman–Crippen LogP) is 1.99. The van der Waals surface area contributed by atoms with E-state index < -0.39 is 0 Å². The fraction of sp³-hybridized carbons (Fsp3) is 0.533. The highest BCUT2D eigenvalue weighted by atomic mass is 16.1. The minimum atomic E-state index is -0.0102. The van der Waals surface area contributed by atoms with Crippen LogP contribution < -0.4 is 16.0 Å². The van der Waals surface area contributed by atoms with Gasteiger partial charge in [0.25, 0.3) is 5.91 Å². The molecule has 0 aliphatic carbocycles. The average molecular weight is 261 g/mol. The molecule has 0 unspecified atom stereocenters. The Morgan fingerprint density at radius 3 is 2.74 bits per heavy atom. The summed E-state index contributed by atoms with van der Waals surface area (Å²) in [5, 5.41) is 9.77. The van der Waals surface area contributed by atoms with Gasteiger partial charge in [-0.1, -0.05) is 6.07 Å². The molecule has 0 radical (unpaired) electrons. The van der Waals surface area contributed by atoms with Gasteiger partial charge < -0.3 is 16.0 Å². The van der Waals surface area contributed by atoms with E-state index in [1.807, 2.05) is 38.1 Å². The van der Waals surface area contributed by atoms with Crippen molar-refractivity contribution in [1.82, 2.24) is 10.6 Å². The lowest BCUT2D eigenvalue weighted by molar-refractivity contribution is 0.0943. The minimum Gasteiger partial charge on any atom is -0.382 e. The zero-order valence-corrected chi connectivity index (χ0v) is 11.7. The highest BCUT2D eigenvalue weighted by Crippen LogP contribution is 2.15. The summed E-state index contributed by atoms with van der Waals surface area (Å²) in [6.07, 6.45) is 2.25. The molecule has 4 heteroatoms. The zero-order valence-electron chi connectivity index (χ0n) is 11.7. The van der Waals surface area contributed by atoms with E-state index in [1.165, 1.54) is 0 Å². The van der Waals surface area contributed by atoms with E-state index in [0.717, 1.165) is 31.6 Å². The van der Waals surface area contributed by atoms with Crippen LogP contribution in [0.15, 0.2) is 24.3 Å². The molecule has 1 amide bonds. The summed E-state index contributed by atoms with van der Waals surface area (Å²) in [5.41, 5.74) is 1.75. The molecule has 1 saturated heterocycles. The largest absolute Gasteiger partial charge is 0.382 e. The Hall–Kier alpha value is -1.55. The summed E-state index contributed by atoms with van der Waals surface area (Å²) in [4.78, 5) is 12.0. The first-order valence-electron chi connectivity index (χ1n) is 7.03. The molecule has 1 fully saturated rings. The predicted molar refractivity (Wildman–Crippen MR) is 78.6 cm³/mol. The molecule has 2 rings (SSSR count). The van der Waals surface area contributed by atoms with E-state index in [9.17, 15) is 4.79 Å². The maximum Gasteiger partial charge on any atom is 0.251 e. The molecule has 0 aromatic heterocycles. The number of nitrogens with one attached hydrogen (secondary N) is 3. The summed E-state index contributed by atoms with van der Waals surface area (Å²) in [7, 11) is 0. The maximum absolute atomic E-state index is 12.0. The fourth-order valence-electron chi connectivity index (χ4n) is 2.30. The Morgan fingerprint density at radius 1 is 1.32 bits per heavy atom. The molecule has 1 aromatic carbocycles. The summed E-state index contributed by atoms with van der Waals surface area (Å²) in [6.45, 7) is 6.06. The van der Waals surface area contributed by atoms with Crippen LogP contribution >= 0.6 is 0 Å². The van der Waals surface area contributed by atoms with Gasteiger partial charge in [-0.15, -0.1) is 0 Å². The lowest BCUT2D eigenvalue weighted by Crippen LogP contribution is -2.35. The Morgan fingerprint density at radius 2 is 2.05 bits per heavy atom. The highest BCUT2D eigenvalue weighted by molar-refractivity contribution is 5.95. The second-order valence-electron chi connectivity index (χ2n) is 5.38. The van der Waals surface area contributed by atoms with Gasteiger partial charge in [-0.3, -0.25) is 4.79 Å². The van der Waals surface area contributed by atoms with Crippen molar-refractivity contribution in [1.29, 1.82) is 0 Å². The van der Waals surface area contributed by atoms with Gasteiger partial charge in [0.05, 0.1) is 0 Å². The monoisotopic (exact) mass is 261 g/mol. The number of carbonyl (C=O) groups excluding carboxylic acids is 1. The van der Waals surface area contributed by atoms with Gasteiger partial charge in [0.1, 0.15) is 0 Å². The Balaban J connectivity index is 1.99. The molecule has 0 spiro atoms. The van der Waals surface area contributed by atoms with Gasteiger partial charge in [0, 0.05) is 23.3 Å². The third-order valence-corrected chi connectivity index (χ3v) is 3.25. The van der Waals surface area contributed by atoms with Gasteiger partial charge in [0.2, 0.25) is 0 Å². The molecule has 104 valence electrons. The van der Waals surface area contributed by atoms with E-state index in [-0.39, 0.29) is 11.9 Å². The van der Waals surface area contributed by atoms with Crippen LogP contribution in [-0.4, -0.2) is 31.1 Å². The van der Waals surface area contributed by atoms with Crippen molar-refractivity contribution in [2.24, 2.45) is 0 Å². The van der Waals surface area contributed by atoms with Crippen molar-refractivity contribution in [3.8, 4) is 0 Å². The van der Waals surface area contributed by atoms with Crippen LogP contribution in [0.4, 0.5) is 5.69 Å². The molecule has 0 bridgehead atoms. The number of hydrogen-bond acceptors (Lipinski definition) is 3. The summed E-state index contributed by atoms with van der Waals surface area (Å²) in [6, 6.07) is 8.40. The standard InChI is InChI=1S/C15H23N3O/c1-11(2)17-15(19)12-4-3-5-14(10-12)18-13-6-8-16-9-7-13/h3-5,10-11,13,16,18H,6-9H2,1-2H3,(H,17,19). The maximum atomic E-state index is 12.0.